The van der Waals surface area contributed by atoms with Crippen LogP contribution in [0.15, 0.2) is 91.3 Å². The summed E-state index contributed by atoms with van der Waals surface area (Å²) in [5, 5.41) is 7.06. The Hall–Kier alpha value is -4.17. The van der Waals surface area contributed by atoms with Crippen LogP contribution in [-0.2, 0) is 4.79 Å². The molecule has 2 aromatic heterocycles. The van der Waals surface area contributed by atoms with E-state index < -0.39 is 0 Å². The smallest absolute Gasteiger partial charge is 0.226 e. The van der Waals surface area contributed by atoms with Gasteiger partial charge < -0.3 is 24.8 Å². The normalized spacial score (nSPS) is 16.9. The highest BCUT2D eigenvalue weighted by Gasteiger charge is 2.41. The van der Waals surface area contributed by atoms with E-state index in [1.54, 1.807) is 13.3 Å². The SMILES string of the molecule is COc1ccc(-n2cccc2[C@H]2[C@H](c3ccccn3)NC(=S)N2CCC(=O)Nc2ccc(C)cc2)cc1. The maximum Gasteiger partial charge on any atom is 0.226 e. The van der Waals surface area contributed by atoms with Crippen molar-refractivity contribution < 1.29 is 9.53 Å². The van der Waals surface area contributed by atoms with E-state index >= 15 is 0 Å². The molecule has 1 amide bonds. The molecule has 1 aliphatic rings. The first-order chi connectivity index (χ1) is 18.0. The lowest BCUT2D eigenvalue weighted by atomic mass is 10.0. The highest BCUT2D eigenvalue weighted by atomic mass is 32.1. The number of amides is 1. The minimum atomic E-state index is -0.166. The van der Waals surface area contributed by atoms with Gasteiger partial charge in [0.15, 0.2) is 5.11 Å². The number of carbonyl (C=O) groups is 1. The highest BCUT2D eigenvalue weighted by molar-refractivity contribution is 7.80. The standard InChI is InChI=1S/C29H29N5O2S/c1-20-8-10-21(11-9-20)31-26(35)16-19-34-28(27(32-29(34)37)24-6-3-4-17-30-24)25-7-5-18-33(25)22-12-14-23(36-2)15-13-22/h3-15,17-18,27-28H,16,19H2,1-2H3,(H,31,35)(H,32,37)/t27-,28-/m0/s1. The second kappa shape index (κ2) is 10.8. The van der Waals surface area contributed by atoms with Crippen molar-refractivity contribution >= 4 is 28.9 Å². The predicted octanol–water partition coefficient (Wildman–Crippen LogP) is 5.19. The largest absolute Gasteiger partial charge is 0.497 e. The fourth-order valence-electron chi connectivity index (χ4n) is 4.66. The summed E-state index contributed by atoms with van der Waals surface area (Å²) in [5.74, 6) is 0.742. The van der Waals surface area contributed by atoms with E-state index in [1.165, 1.54) is 0 Å². The number of methoxy groups -OCH3 is 1. The van der Waals surface area contributed by atoms with Crippen LogP contribution in [0.1, 0.15) is 35.5 Å². The van der Waals surface area contributed by atoms with Crippen LogP contribution in [-0.4, -0.2) is 39.1 Å². The summed E-state index contributed by atoms with van der Waals surface area (Å²) in [6.07, 6.45) is 4.12. The second-order valence-corrected chi connectivity index (χ2v) is 9.37. The summed E-state index contributed by atoms with van der Waals surface area (Å²) in [6, 6.07) is 25.4. The number of carbonyl (C=O) groups excluding carboxylic acids is 1. The van der Waals surface area contributed by atoms with Gasteiger partial charge in [-0.2, -0.15) is 0 Å². The lowest BCUT2D eigenvalue weighted by Gasteiger charge is -2.29. The van der Waals surface area contributed by atoms with Gasteiger partial charge in [-0.3, -0.25) is 9.78 Å². The molecule has 0 unspecified atom stereocenters. The average Bonchev–Trinajstić information content (AvgIpc) is 3.53. The first kappa shape index (κ1) is 24.5. The van der Waals surface area contributed by atoms with Crippen LogP contribution in [0.5, 0.6) is 5.75 Å². The van der Waals surface area contributed by atoms with E-state index in [2.05, 4.69) is 31.2 Å². The molecule has 0 spiro atoms. The van der Waals surface area contributed by atoms with Gasteiger partial charge in [0.25, 0.3) is 0 Å². The van der Waals surface area contributed by atoms with Gasteiger partial charge in [0.1, 0.15) is 5.75 Å². The van der Waals surface area contributed by atoms with Crippen molar-refractivity contribution in [1.82, 2.24) is 19.8 Å². The number of hydrogen-bond donors (Lipinski definition) is 2. The van der Waals surface area contributed by atoms with Crippen molar-refractivity contribution in [3.63, 3.8) is 0 Å². The number of aryl methyl sites for hydroxylation is 1. The minimum Gasteiger partial charge on any atom is -0.497 e. The summed E-state index contributed by atoms with van der Waals surface area (Å²) in [5.41, 5.74) is 4.88. The Morgan fingerprint density at radius 1 is 1.05 bits per heavy atom. The Bertz CT molecular complexity index is 1370. The number of ether oxygens (including phenoxy) is 1. The third-order valence-electron chi connectivity index (χ3n) is 6.55. The van der Waals surface area contributed by atoms with E-state index in [0.29, 0.717) is 18.1 Å². The summed E-state index contributed by atoms with van der Waals surface area (Å²) in [7, 11) is 1.66. The number of nitrogens with one attached hydrogen (secondary N) is 2. The van der Waals surface area contributed by atoms with Gasteiger partial charge >= 0.3 is 0 Å². The molecule has 0 saturated carbocycles. The van der Waals surface area contributed by atoms with Crippen molar-refractivity contribution in [3.05, 3.63) is 108 Å². The summed E-state index contributed by atoms with van der Waals surface area (Å²) >= 11 is 5.79. The topological polar surface area (TPSA) is 71.4 Å². The second-order valence-electron chi connectivity index (χ2n) is 8.99. The number of benzene rings is 2. The van der Waals surface area contributed by atoms with Gasteiger partial charge in [-0.15, -0.1) is 0 Å². The predicted molar refractivity (Wildman–Crippen MR) is 149 cm³/mol. The van der Waals surface area contributed by atoms with E-state index in [9.17, 15) is 4.79 Å². The van der Waals surface area contributed by atoms with Crippen LogP contribution in [0.4, 0.5) is 5.69 Å². The molecule has 5 rings (SSSR count). The van der Waals surface area contributed by atoms with Gasteiger partial charge in [-0.05, 0) is 79.8 Å². The molecule has 0 aliphatic carbocycles. The van der Waals surface area contributed by atoms with Crippen molar-refractivity contribution in [1.29, 1.82) is 0 Å². The zero-order chi connectivity index (χ0) is 25.8. The Labute approximate surface area is 222 Å². The molecule has 4 aromatic rings. The molecule has 37 heavy (non-hydrogen) atoms. The molecule has 7 nitrogen and oxygen atoms in total. The molecular formula is C29H29N5O2S. The molecule has 0 radical (unpaired) electrons. The number of hydrogen-bond acceptors (Lipinski definition) is 4. The van der Waals surface area contributed by atoms with Crippen molar-refractivity contribution in [2.45, 2.75) is 25.4 Å². The Morgan fingerprint density at radius 2 is 1.84 bits per heavy atom. The maximum absolute atomic E-state index is 12.8. The van der Waals surface area contributed by atoms with Gasteiger partial charge in [0, 0.05) is 42.4 Å². The van der Waals surface area contributed by atoms with Crippen LogP contribution in [0.2, 0.25) is 0 Å². The average molecular weight is 512 g/mol. The van der Waals surface area contributed by atoms with Gasteiger partial charge in [0.05, 0.1) is 24.9 Å². The van der Waals surface area contributed by atoms with Gasteiger partial charge in [0.2, 0.25) is 5.91 Å². The molecule has 2 atom stereocenters. The lowest BCUT2D eigenvalue weighted by Crippen LogP contribution is -2.33. The minimum absolute atomic E-state index is 0.0581. The molecule has 1 saturated heterocycles. The molecule has 1 fully saturated rings. The fraction of sp³-hybridized carbons (Fsp3) is 0.207. The fourth-order valence-corrected chi connectivity index (χ4v) is 5.00. The van der Waals surface area contributed by atoms with Gasteiger partial charge in [-0.1, -0.05) is 23.8 Å². The molecule has 0 bridgehead atoms. The molecule has 188 valence electrons. The third kappa shape index (κ3) is 5.34. The number of anilines is 1. The molecule has 8 heteroatoms. The van der Waals surface area contributed by atoms with E-state index in [-0.39, 0.29) is 18.0 Å². The monoisotopic (exact) mass is 511 g/mol. The highest BCUT2D eigenvalue weighted by Crippen LogP contribution is 2.39. The number of nitrogens with zero attached hydrogens (tertiary/aromatic N) is 3. The van der Waals surface area contributed by atoms with Gasteiger partial charge in [-0.25, -0.2) is 0 Å². The first-order valence-electron chi connectivity index (χ1n) is 12.2. The lowest BCUT2D eigenvalue weighted by molar-refractivity contribution is -0.116. The number of aromatic nitrogens is 2. The van der Waals surface area contributed by atoms with Crippen molar-refractivity contribution in [2.75, 3.05) is 19.0 Å². The van der Waals surface area contributed by atoms with Crippen LogP contribution >= 0.6 is 12.2 Å². The van der Waals surface area contributed by atoms with Crippen LogP contribution in [0.25, 0.3) is 5.69 Å². The first-order valence-corrected chi connectivity index (χ1v) is 12.6. The molecule has 1 aliphatic heterocycles. The van der Waals surface area contributed by atoms with Crippen molar-refractivity contribution in [3.8, 4) is 11.4 Å². The molecular weight excluding hydrogens is 482 g/mol. The van der Waals surface area contributed by atoms with Crippen LogP contribution < -0.4 is 15.4 Å². The third-order valence-corrected chi connectivity index (χ3v) is 6.90. The zero-order valence-corrected chi connectivity index (χ0v) is 21.6. The van der Waals surface area contributed by atoms with Crippen LogP contribution in [0.3, 0.4) is 0 Å². The van der Waals surface area contributed by atoms with Crippen LogP contribution in [0, 0.1) is 6.92 Å². The van der Waals surface area contributed by atoms with E-state index in [4.69, 9.17) is 17.0 Å². The molecule has 2 aromatic carbocycles. The summed E-state index contributed by atoms with van der Waals surface area (Å²) in [4.78, 5) is 19.5. The quantitative estimate of drug-likeness (QED) is 0.317. The molecule has 3 heterocycles. The Balaban J connectivity index is 1.43. The Morgan fingerprint density at radius 3 is 2.54 bits per heavy atom. The Kier molecular flexibility index (Phi) is 7.18. The summed E-state index contributed by atoms with van der Waals surface area (Å²) in [6.45, 7) is 2.48. The van der Waals surface area contributed by atoms with E-state index in [1.807, 2.05) is 85.9 Å². The zero-order valence-electron chi connectivity index (χ0n) is 20.8. The van der Waals surface area contributed by atoms with Crippen molar-refractivity contribution in [2.24, 2.45) is 0 Å². The number of pyridine rings is 1. The van der Waals surface area contributed by atoms with E-state index in [0.717, 1.165) is 34.1 Å². The number of thiocarbonyl (C=S) groups is 1. The summed E-state index contributed by atoms with van der Waals surface area (Å²) < 4.78 is 7.48. The molecule has 2 N–H and O–H groups in total. The number of rotatable bonds is 8. The maximum atomic E-state index is 12.8.